The van der Waals surface area contributed by atoms with Gasteiger partial charge in [-0.05, 0) is 33.0 Å². The summed E-state index contributed by atoms with van der Waals surface area (Å²) in [6.45, 7) is 4.75. The molecule has 0 aliphatic carbocycles. The summed E-state index contributed by atoms with van der Waals surface area (Å²) in [5, 5.41) is 9.06. The molecule has 20 heavy (non-hydrogen) atoms. The summed E-state index contributed by atoms with van der Waals surface area (Å²) in [4.78, 5) is 4.37. The molecule has 0 aliphatic heterocycles. The lowest BCUT2D eigenvalue weighted by molar-refractivity contribution is 0.532. The van der Waals surface area contributed by atoms with Gasteiger partial charge in [0.15, 0.2) is 0 Å². The van der Waals surface area contributed by atoms with Crippen LogP contribution < -0.4 is 5.32 Å². The number of hydrogen-bond acceptors (Lipinski definition) is 3. The molecule has 0 radical (unpaired) electrons. The summed E-state index contributed by atoms with van der Waals surface area (Å²) in [6.07, 6.45) is 2.44. The van der Waals surface area contributed by atoms with E-state index in [2.05, 4.69) is 15.4 Å². The van der Waals surface area contributed by atoms with Gasteiger partial charge in [-0.3, -0.25) is 9.67 Å². The molecule has 2 aromatic heterocycles. The molecule has 0 aromatic carbocycles. The van der Waals surface area contributed by atoms with E-state index < -0.39 is 0 Å². The lowest BCUT2D eigenvalue weighted by atomic mass is 10.1. The van der Waals surface area contributed by atoms with Crippen LogP contribution in [0.3, 0.4) is 0 Å². The standard InChI is InChI=1S/C14H18Cl2N4/c1-4-20-12(13(16)9(2)19-20)8-11(17-3)14-10(15)6-5-7-18-14/h5-7,11,17H,4,8H2,1-3H3. The first-order chi connectivity index (χ1) is 9.58. The number of nitrogens with zero attached hydrogens (tertiary/aromatic N) is 3. The summed E-state index contributed by atoms with van der Waals surface area (Å²) >= 11 is 12.6. The molecule has 2 rings (SSSR count). The lowest BCUT2D eigenvalue weighted by Crippen LogP contribution is -2.22. The van der Waals surface area contributed by atoms with Gasteiger partial charge in [0.25, 0.3) is 0 Å². The second-order valence-corrected chi connectivity index (χ2v) is 5.36. The van der Waals surface area contributed by atoms with Gasteiger partial charge in [-0.2, -0.15) is 5.10 Å². The summed E-state index contributed by atoms with van der Waals surface area (Å²) in [7, 11) is 1.89. The Morgan fingerprint density at radius 3 is 2.75 bits per heavy atom. The van der Waals surface area contributed by atoms with Crippen LogP contribution in [0.4, 0.5) is 0 Å². The number of aryl methyl sites for hydroxylation is 2. The molecule has 1 atom stereocenters. The van der Waals surface area contributed by atoms with E-state index in [1.807, 2.05) is 37.7 Å². The van der Waals surface area contributed by atoms with E-state index in [4.69, 9.17) is 23.2 Å². The van der Waals surface area contributed by atoms with Crippen molar-refractivity contribution < 1.29 is 0 Å². The molecule has 1 N–H and O–H groups in total. The van der Waals surface area contributed by atoms with Crippen LogP contribution in [-0.2, 0) is 13.0 Å². The predicted molar refractivity (Wildman–Crippen MR) is 82.4 cm³/mol. The average molecular weight is 313 g/mol. The first-order valence-corrected chi connectivity index (χ1v) is 7.33. The number of pyridine rings is 1. The van der Waals surface area contributed by atoms with Crippen molar-refractivity contribution in [1.29, 1.82) is 0 Å². The highest BCUT2D eigenvalue weighted by Gasteiger charge is 2.20. The highest BCUT2D eigenvalue weighted by atomic mass is 35.5. The first kappa shape index (κ1) is 15.3. The second kappa shape index (κ2) is 6.57. The lowest BCUT2D eigenvalue weighted by Gasteiger charge is -2.17. The van der Waals surface area contributed by atoms with Crippen LogP contribution in [-0.4, -0.2) is 21.8 Å². The van der Waals surface area contributed by atoms with E-state index in [0.717, 1.165) is 28.6 Å². The quantitative estimate of drug-likeness (QED) is 0.920. The van der Waals surface area contributed by atoms with Crippen molar-refractivity contribution in [3.8, 4) is 0 Å². The molecule has 0 bridgehead atoms. The van der Waals surface area contributed by atoms with Crippen LogP contribution in [0.25, 0.3) is 0 Å². The van der Waals surface area contributed by atoms with Gasteiger partial charge in [-0.1, -0.05) is 23.2 Å². The van der Waals surface area contributed by atoms with Gasteiger partial charge in [0.2, 0.25) is 0 Å². The van der Waals surface area contributed by atoms with E-state index in [-0.39, 0.29) is 6.04 Å². The van der Waals surface area contributed by atoms with Crippen molar-refractivity contribution in [2.45, 2.75) is 32.9 Å². The molecule has 0 saturated carbocycles. The van der Waals surface area contributed by atoms with Crippen molar-refractivity contribution in [1.82, 2.24) is 20.1 Å². The van der Waals surface area contributed by atoms with Crippen LogP contribution in [0.2, 0.25) is 10.0 Å². The molecule has 0 saturated heterocycles. The van der Waals surface area contributed by atoms with E-state index in [1.165, 1.54) is 0 Å². The van der Waals surface area contributed by atoms with Crippen LogP contribution >= 0.6 is 23.2 Å². The molecule has 0 spiro atoms. The third kappa shape index (κ3) is 2.97. The Morgan fingerprint density at radius 2 is 2.15 bits per heavy atom. The maximum atomic E-state index is 6.36. The van der Waals surface area contributed by atoms with Crippen molar-refractivity contribution in [3.63, 3.8) is 0 Å². The van der Waals surface area contributed by atoms with Crippen molar-refractivity contribution in [3.05, 3.63) is 45.5 Å². The van der Waals surface area contributed by atoms with Crippen LogP contribution in [0.15, 0.2) is 18.3 Å². The Bertz CT molecular complexity index is 595. The van der Waals surface area contributed by atoms with Gasteiger partial charge in [-0.25, -0.2) is 0 Å². The number of rotatable bonds is 5. The second-order valence-electron chi connectivity index (χ2n) is 4.58. The zero-order valence-corrected chi connectivity index (χ0v) is 13.3. The Labute approximate surface area is 129 Å². The molecule has 0 aliphatic rings. The van der Waals surface area contributed by atoms with Crippen molar-refractivity contribution in [2.24, 2.45) is 0 Å². The van der Waals surface area contributed by atoms with E-state index in [1.54, 1.807) is 6.20 Å². The number of halogens is 2. The minimum atomic E-state index is 0.00241. The van der Waals surface area contributed by atoms with E-state index >= 15 is 0 Å². The van der Waals surface area contributed by atoms with Crippen molar-refractivity contribution >= 4 is 23.2 Å². The zero-order valence-electron chi connectivity index (χ0n) is 11.8. The average Bonchev–Trinajstić information content (AvgIpc) is 2.73. The summed E-state index contributed by atoms with van der Waals surface area (Å²) in [6, 6.07) is 3.67. The number of nitrogens with one attached hydrogen (secondary N) is 1. The minimum absolute atomic E-state index is 0.00241. The number of aromatic nitrogens is 3. The molecule has 2 heterocycles. The minimum Gasteiger partial charge on any atom is -0.311 e. The van der Waals surface area contributed by atoms with Gasteiger partial charge in [0, 0.05) is 19.2 Å². The maximum Gasteiger partial charge on any atom is 0.0847 e. The third-order valence-electron chi connectivity index (χ3n) is 3.32. The Kier molecular flexibility index (Phi) is 5.02. The van der Waals surface area contributed by atoms with E-state index in [9.17, 15) is 0 Å². The molecule has 4 nitrogen and oxygen atoms in total. The zero-order chi connectivity index (χ0) is 14.7. The van der Waals surface area contributed by atoms with Gasteiger partial charge in [0.1, 0.15) is 0 Å². The highest BCUT2D eigenvalue weighted by Crippen LogP contribution is 2.28. The van der Waals surface area contributed by atoms with Gasteiger partial charge in [0.05, 0.1) is 33.2 Å². The molecular weight excluding hydrogens is 295 g/mol. The summed E-state index contributed by atoms with van der Waals surface area (Å²) < 4.78 is 1.93. The first-order valence-electron chi connectivity index (χ1n) is 6.57. The van der Waals surface area contributed by atoms with Crippen LogP contribution in [0.1, 0.15) is 30.0 Å². The highest BCUT2D eigenvalue weighted by molar-refractivity contribution is 6.32. The molecule has 0 fully saturated rings. The normalized spacial score (nSPS) is 12.7. The van der Waals surface area contributed by atoms with Crippen molar-refractivity contribution in [2.75, 3.05) is 7.05 Å². The van der Waals surface area contributed by atoms with Gasteiger partial charge in [-0.15, -0.1) is 0 Å². The Balaban J connectivity index is 2.34. The SMILES string of the molecule is CCn1nc(C)c(Cl)c1CC(NC)c1ncccc1Cl. The number of hydrogen-bond donors (Lipinski definition) is 1. The fraction of sp³-hybridized carbons (Fsp3) is 0.429. The largest absolute Gasteiger partial charge is 0.311 e. The monoisotopic (exact) mass is 312 g/mol. The molecular formula is C14H18Cl2N4. The van der Waals surface area contributed by atoms with Gasteiger partial charge >= 0.3 is 0 Å². The fourth-order valence-electron chi connectivity index (χ4n) is 2.25. The predicted octanol–water partition coefficient (Wildman–Crippen LogP) is 3.42. The Morgan fingerprint density at radius 1 is 1.40 bits per heavy atom. The van der Waals surface area contributed by atoms with Gasteiger partial charge < -0.3 is 5.32 Å². The Hall–Kier alpha value is -1.10. The summed E-state index contributed by atoms with van der Waals surface area (Å²) in [5.74, 6) is 0. The summed E-state index contributed by atoms with van der Waals surface area (Å²) in [5.41, 5.74) is 2.69. The molecule has 0 amide bonds. The fourth-order valence-corrected chi connectivity index (χ4v) is 2.71. The smallest absolute Gasteiger partial charge is 0.0847 e. The number of likely N-dealkylation sites (N-methyl/N-ethyl adjacent to an activating group) is 1. The third-order valence-corrected chi connectivity index (χ3v) is 4.13. The molecule has 1 unspecified atom stereocenters. The topological polar surface area (TPSA) is 42.7 Å². The van der Waals surface area contributed by atoms with Crippen LogP contribution in [0.5, 0.6) is 0 Å². The molecule has 6 heteroatoms. The molecule has 2 aromatic rings. The maximum absolute atomic E-state index is 6.36. The molecule has 108 valence electrons. The van der Waals surface area contributed by atoms with E-state index in [0.29, 0.717) is 11.4 Å². The van der Waals surface area contributed by atoms with Crippen LogP contribution in [0, 0.1) is 6.92 Å².